The summed E-state index contributed by atoms with van der Waals surface area (Å²) >= 11 is 0. The highest BCUT2D eigenvalue weighted by atomic mass is 19.1. The summed E-state index contributed by atoms with van der Waals surface area (Å²) in [6.07, 6.45) is 3.02. The topological polar surface area (TPSA) is 111 Å². The van der Waals surface area contributed by atoms with Crippen molar-refractivity contribution in [2.45, 2.75) is 57.2 Å². The van der Waals surface area contributed by atoms with E-state index in [9.17, 15) is 19.1 Å². The van der Waals surface area contributed by atoms with Crippen LogP contribution in [0.5, 0.6) is 0 Å². The Kier molecular flexibility index (Phi) is 5.73. The van der Waals surface area contributed by atoms with Crippen LogP contribution in [-0.2, 0) is 4.79 Å². The lowest BCUT2D eigenvalue weighted by Gasteiger charge is -2.39. The number of piperidine rings is 1. The third kappa shape index (κ3) is 4.36. The second-order valence-electron chi connectivity index (χ2n) is 8.91. The van der Waals surface area contributed by atoms with Crippen LogP contribution in [0.2, 0.25) is 0 Å². The summed E-state index contributed by atoms with van der Waals surface area (Å²) in [5, 5.41) is 22.7. The second kappa shape index (κ2) is 8.36. The van der Waals surface area contributed by atoms with Crippen LogP contribution >= 0.6 is 0 Å². The maximum atomic E-state index is 14.3. The molecule has 0 bridgehead atoms. The van der Waals surface area contributed by atoms with E-state index in [1.807, 2.05) is 11.0 Å². The molecule has 2 amide bonds. The number of benzene rings is 1. The summed E-state index contributed by atoms with van der Waals surface area (Å²) in [6.45, 7) is 3.86. The molecule has 0 radical (unpaired) electrons. The first kappa shape index (κ1) is 22.0. The molecule has 32 heavy (non-hydrogen) atoms. The molecule has 9 heteroatoms. The molecule has 168 valence electrons. The second-order valence-corrected chi connectivity index (χ2v) is 8.91. The molecule has 1 aromatic heterocycles. The van der Waals surface area contributed by atoms with Gasteiger partial charge in [0.2, 0.25) is 5.76 Å². The maximum Gasteiger partial charge on any atom is 0.292 e. The Hall–Kier alpha value is -3.25. The number of rotatable bonds is 5. The molecule has 0 spiro atoms. The number of aliphatic hydroxyl groups is 1. The molecular weight excluding hydrogens is 415 g/mol. The third-order valence-corrected chi connectivity index (χ3v) is 5.94. The SMILES string of the molecule is CC(C)(O)C(=O)N1CCC(N(C(=O)c2cc(-c3ccc(C#N)cc3F)no2)C2CC2)CC1. The fraction of sp³-hybridized carbons (Fsp3) is 0.478. The number of halogens is 1. The molecule has 0 unspecified atom stereocenters. The van der Waals surface area contributed by atoms with Gasteiger partial charge in [0, 0.05) is 36.8 Å². The number of amides is 2. The number of likely N-dealkylation sites (tertiary alicyclic amines) is 1. The van der Waals surface area contributed by atoms with Gasteiger partial charge in [0.1, 0.15) is 17.1 Å². The summed E-state index contributed by atoms with van der Waals surface area (Å²) in [6, 6.07) is 7.40. The number of hydrogen-bond donors (Lipinski definition) is 1. The Morgan fingerprint density at radius 3 is 2.44 bits per heavy atom. The van der Waals surface area contributed by atoms with Gasteiger partial charge in [-0.15, -0.1) is 0 Å². The van der Waals surface area contributed by atoms with E-state index in [-0.39, 0.29) is 46.5 Å². The summed E-state index contributed by atoms with van der Waals surface area (Å²) in [4.78, 5) is 29.0. The lowest BCUT2D eigenvalue weighted by Crippen LogP contribution is -2.53. The Bertz CT molecular complexity index is 1070. The lowest BCUT2D eigenvalue weighted by molar-refractivity contribution is -0.149. The number of aromatic nitrogens is 1. The normalized spacial score (nSPS) is 17.2. The average molecular weight is 440 g/mol. The highest BCUT2D eigenvalue weighted by Gasteiger charge is 2.41. The van der Waals surface area contributed by atoms with E-state index in [0.29, 0.717) is 25.9 Å². The van der Waals surface area contributed by atoms with E-state index < -0.39 is 11.4 Å². The van der Waals surface area contributed by atoms with Crippen LogP contribution in [0.3, 0.4) is 0 Å². The highest BCUT2D eigenvalue weighted by molar-refractivity contribution is 5.93. The first-order valence-electron chi connectivity index (χ1n) is 10.7. The molecule has 1 aromatic carbocycles. The first-order chi connectivity index (χ1) is 15.2. The zero-order chi connectivity index (χ0) is 23.0. The number of nitriles is 1. The number of carbonyl (C=O) groups is 2. The first-order valence-corrected chi connectivity index (χ1v) is 10.7. The van der Waals surface area contributed by atoms with Gasteiger partial charge in [-0.2, -0.15) is 5.26 Å². The van der Waals surface area contributed by atoms with E-state index in [0.717, 1.165) is 18.9 Å². The summed E-state index contributed by atoms with van der Waals surface area (Å²) in [5.74, 6) is -1.19. The van der Waals surface area contributed by atoms with Gasteiger partial charge >= 0.3 is 0 Å². The van der Waals surface area contributed by atoms with Crippen molar-refractivity contribution in [2.75, 3.05) is 13.1 Å². The molecule has 0 atom stereocenters. The number of nitrogens with zero attached hydrogens (tertiary/aromatic N) is 4. The monoisotopic (exact) mass is 440 g/mol. The van der Waals surface area contributed by atoms with Crippen LogP contribution in [0.15, 0.2) is 28.8 Å². The smallest absolute Gasteiger partial charge is 0.292 e. The van der Waals surface area contributed by atoms with Crippen LogP contribution in [0.25, 0.3) is 11.3 Å². The minimum Gasteiger partial charge on any atom is -0.381 e. The summed E-state index contributed by atoms with van der Waals surface area (Å²) in [7, 11) is 0. The molecule has 2 heterocycles. The van der Waals surface area contributed by atoms with Gasteiger partial charge in [0.25, 0.3) is 11.8 Å². The van der Waals surface area contributed by atoms with Gasteiger partial charge in [0.05, 0.1) is 11.6 Å². The van der Waals surface area contributed by atoms with Crippen molar-refractivity contribution in [3.63, 3.8) is 0 Å². The van der Waals surface area contributed by atoms with Crippen LogP contribution in [0, 0.1) is 17.1 Å². The largest absolute Gasteiger partial charge is 0.381 e. The minimum absolute atomic E-state index is 0.0330. The molecule has 1 aliphatic heterocycles. The van der Waals surface area contributed by atoms with E-state index in [4.69, 9.17) is 9.78 Å². The van der Waals surface area contributed by atoms with Gasteiger partial charge in [0.15, 0.2) is 0 Å². The van der Waals surface area contributed by atoms with Crippen LogP contribution in [0.4, 0.5) is 4.39 Å². The quantitative estimate of drug-likeness (QED) is 0.765. The van der Waals surface area contributed by atoms with Crippen LogP contribution in [0.1, 0.15) is 55.6 Å². The maximum absolute atomic E-state index is 14.3. The Labute approximate surface area is 185 Å². The molecule has 1 saturated carbocycles. The lowest BCUT2D eigenvalue weighted by atomic mass is 9.99. The third-order valence-electron chi connectivity index (χ3n) is 5.94. The van der Waals surface area contributed by atoms with E-state index in [1.165, 1.54) is 32.0 Å². The molecular formula is C23H25FN4O4. The Balaban J connectivity index is 1.49. The van der Waals surface area contributed by atoms with Crippen molar-refractivity contribution in [1.82, 2.24) is 15.0 Å². The van der Waals surface area contributed by atoms with Crippen molar-refractivity contribution in [3.05, 3.63) is 41.4 Å². The van der Waals surface area contributed by atoms with E-state index in [1.54, 1.807) is 4.90 Å². The predicted molar refractivity (Wildman–Crippen MR) is 112 cm³/mol. The predicted octanol–water partition coefficient (Wildman–Crippen LogP) is 2.72. The molecule has 2 fully saturated rings. The van der Waals surface area contributed by atoms with Gasteiger partial charge in [-0.25, -0.2) is 4.39 Å². The van der Waals surface area contributed by atoms with Gasteiger partial charge in [-0.1, -0.05) is 5.16 Å². The fourth-order valence-electron chi connectivity index (χ4n) is 4.14. The molecule has 2 aliphatic rings. The summed E-state index contributed by atoms with van der Waals surface area (Å²) in [5.41, 5.74) is -0.879. The number of carbonyl (C=O) groups excluding carboxylic acids is 2. The molecule has 1 saturated heterocycles. The number of hydrogen-bond acceptors (Lipinski definition) is 6. The van der Waals surface area contributed by atoms with Crippen LogP contribution in [-0.4, -0.2) is 62.7 Å². The Morgan fingerprint density at radius 1 is 1.22 bits per heavy atom. The molecule has 1 N–H and O–H groups in total. The highest BCUT2D eigenvalue weighted by Crippen LogP contribution is 2.34. The summed E-state index contributed by atoms with van der Waals surface area (Å²) < 4.78 is 19.6. The fourth-order valence-corrected chi connectivity index (χ4v) is 4.14. The van der Waals surface area contributed by atoms with Gasteiger partial charge < -0.3 is 19.4 Å². The minimum atomic E-state index is -1.42. The van der Waals surface area contributed by atoms with Crippen molar-refractivity contribution in [2.24, 2.45) is 0 Å². The molecule has 8 nitrogen and oxygen atoms in total. The average Bonchev–Trinajstić information content (AvgIpc) is 3.47. The zero-order valence-electron chi connectivity index (χ0n) is 18.0. The van der Waals surface area contributed by atoms with Gasteiger partial charge in [-0.3, -0.25) is 9.59 Å². The van der Waals surface area contributed by atoms with Crippen molar-refractivity contribution in [1.29, 1.82) is 5.26 Å². The van der Waals surface area contributed by atoms with Crippen molar-refractivity contribution < 1.29 is 23.6 Å². The van der Waals surface area contributed by atoms with Crippen molar-refractivity contribution >= 4 is 11.8 Å². The molecule has 2 aromatic rings. The zero-order valence-corrected chi connectivity index (χ0v) is 18.0. The molecule has 4 rings (SSSR count). The van der Waals surface area contributed by atoms with Gasteiger partial charge in [-0.05, 0) is 57.7 Å². The van der Waals surface area contributed by atoms with E-state index >= 15 is 0 Å². The Morgan fingerprint density at radius 2 is 1.88 bits per heavy atom. The van der Waals surface area contributed by atoms with Crippen LogP contribution < -0.4 is 0 Å². The molecule has 1 aliphatic carbocycles. The standard InChI is InChI=1S/C23H25FN4O4/c1-23(2,31)22(30)27-9-7-16(8-10-27)28(15-4-5-15)21(29)20-12-19(26-32-20)17-6-3-14(13-25)11-18(17)24/h3,6,11-12,15-16,31H,4-5,7-10H2,1-2H3. The van der Waals surface area contributed by atoms with E-state index in [2.05, 4.69) is 5.16 Å². The van der Waals surface area contributed by atoms with Crippen molar-refractivity contribution in [3.8, 4) is 17.3 Å².